The summed E-state index contributed by atoms with van der Waals surface area (Å²) >= 11 is 0. The fraction of sp³-hybridized carbons (Fsp3) is 0.308. The predicted octanol–water partition coefficient (Wildman–Crippen LogP) is 2.77. The normalized spacial score (nSPS) is 10.7. The van der Waals surface area contributed by atoms with E-state index in [1.165, 1.54) is 7.11 Å². The van der Waals surface area contributed by atoms with Crippen molar-refractivity contribution >= 4 is 16.9 Å². The number of carbonyl (C=O) groups excluding carboxylic acids is 1. The molecule has 2 aromatic rings. The summed E-state index contributed by atoms with van der Waals surface area (Å²) in [5, 5.41) is 1.02. The number of hydrogen-bond donors (Lipinski definition) is 0. The van der Waals surface area contributed by atoms with Crippen LogP contribution in [0.4, 0.5) is 0 Å². The Balaban J connectivity index is 2.52. The molecule has 1 aromatic carbocycles. The summed E-state index contributed by atoms with van der Waals surface area (Å²) in [5.41, 5.74) is 4.00. The average Bonchev–Trinajstić information content (AvgIpc) is 2.61. The standard InChI is InChI=1S/C13H14O3/c1-8-4-9(2)13-10(6-12(14)15-3)7-16-11(13)5-8/h4-5,7H,6H2,1-3H3. The second kappa shape index (κ2) is 4.00. The molecule has 0 N–H and O–H groups in total. The van der Waals surface area contributed by atoms with Crippen molar-refractivity contribution < 1.29 is 13.9 Å². The molecule has 0 amide bonds. The molecule has 0 aliphatic rings. The smallest absolute Gasteiger partial charge is 0.310 e. The SMILES string of the molecule is COC(=O)Cc1coc2cc(C)cc(C)c12. The van der Waals surface area contributed by atoms with Crippen LogP contribution in [-0.4, -0.2) is 13.1 Å². The van der Waals surface area contributed by atoms with Crippen LogP contribution >= 0.6 is 0 Å². The van der Waals surface area contributed by atoms with E-state index < -0.39 is 0 Å². The Morgan fingerprint density at radius 1 is 1.38 bits per heavy atom. The van der Waals surface area contributed by atoms with E-state index in [0.717, 1.165) is 27.7 Å². The summed E-state index contributed by atoms with van der Waals surface area (Å²) in [6, 6.07) is 4.06. The summed E-state index contributed by atoms with van der Waals surface area (Å²) in [5.74, 6) is -0.248. The Kier molecular flexibility index (Phi) is 2.69. The summed E-state index contributed by atoms with van der Waals surface area (Å²) in [6.07, 6.45) is 1.89. The third-order valence-corrected chi connectivity index (χ3v) is 2.66. The number of methoxy groups -OCH3 is 1. The molecule has 0 saturated heterocycles. The van der Waals surface area contributed by atoms with E-state index in [1.54, 1.807) is 6.26 Å². The van der Waals surface area contributed by atoms with E-state index in [9.17, 15) is 4.79 Å². The van der Waals surface area contributed by atoms with Gasteiger partial charge in [-0.05, 0) is 31.0 Å². The number of esters is 1. The van der Waals surface area contributed by atoms with Crippen LogP contribution in [0.5, 0.6) is 0 Å². The number of fused-ring (bicyclic) bond motifs is 1. The van der Waals surface area contributed by atoms with Crippen molar-refractivity contribution in [3.05, 3.63) is 35.1 Å². The highest BCUT2D eigenvalue weighted by molar-refractivity contribution is 5.88. The van der Waals surface area contributed by atoms with Gasteiger partial charge in [-0.25, -0.2) is 0 Å². The zero-order chi connectivity index (χ0) is 11.7. The molecular formula is C13H14O3. The molecule has 84 valence electrons. The Morgan fingerprint density at radius 3 is 2.81 bits per heavy atom. The minimum Gasteiger partial charge on any atom is -0.469 e. The first-order valence-corrected chi connectivity index (χ1v) is 5.16. The lowest BCUT2D eigenvalue weighted by atomic mass is 10.0. The van der Waals surface area contributed by atoms with Crippen LogP contribution in [0, 0.1) is 13.8 Å². The number of carbonyl (C=O) groups is 1. The predicted molar refractivity (Wildman–Crippen MR) is 61.4 cm³/mol. The molecule has 0 bridgehead atoms. The highest BCUT2D eigenvalue weighted by Gasteiger charge is 2.12. The van der Waals surface area contributed by atoms with Crippen molar-refractivity contribution in [3.63, 3.8) is 0 Å². The van der Waals surface area contributed by atoms with Crippen molar-refractivity contribution in [1.29, 1.82) is 0 Å². The molecule has 0 saturated carbocycles. The summed E-state index contributed by atoms with van der Waals surface area (Å²) < 4.78 is 10.1. The second-order valence-electron chi connectivity index (χ2n) is 3.97. The van der Waals surface area contributed by atoms with E-state index in [-0.39, 0.29) is 12.4 Å². The zero-order valence-corrected chi connectivity index (χ0v) is 9.66. The summed E-state index contributed by atoms with van der Waals surface area (Å²) in [6.45, 7) is 4.04. The maximum atomic E-state index is 11.2. The van der Waals surface area contributed by atoms with Crippen molar-refractivity contribution in [2.45, 2.75) is 20.3 Å². The van der Waals surface area contributed by atoms with Gasteiger partial charge < -0.3 is 9.15 Å². The van der Waals surface area contributed by atoms with Crippen molar-refractivity contribution in [2.75, 3.05) is 7.11 Å². The number of benzene rings is 1. The van der Waals surface area contributed by atoms with Gasteiger partial charge in [0.2, 0.25) is 0 Å². The van der Waals surface area contributed by atoms with Gasteiger partial charge in [0.05, 0.1) is 19.8 Å². The van der Waals surface area contributed by atoms with Crippen LogP contribution in [-0.2, 0) is 16.0 Å². The van der Waals surface area contributed by atoms with Crippen molar-refractivity contribution in [3.8, 4) is 0 Å². The van der Waals surface area contributed by atoms with Gasteiger partial charge in [-0.15, -0.1) is 0 Å². The van der Waals surface area contributed by atoms with Gasteiger partial charge in [-0.2, -0.15) is 0 Å². The Labute approximate surface area is 94.0 Å². The van der Waals surface area contributed by atoms with Crippen LogP contribution in [0.15, 0.2) is 22.8 Å². The van der Waals surface area contributed by atoms with Gasteiger partial charge >= 0.3 is 5.97 Å². The molecule has 0 aliphatic carbocycles. The minimum atomic E-state index is -0.248. The molecule has 2 rings (SSSR count). The van der Waals surface area contributed by atoms with Crippen LogP contribution in [0.25, 0.3) is 11.0 Å². The molecule has 0 aliphatic heterocycles. The molecule has 3 heteroatoms. The van der Waals surface area contributed by atoms with Crippen LogP contribution < -0.4 is 0 Å². The fourth-order valence-electron chi connectivity index (χ4n) is 1.98. The molecule has 1 heterocycles. The molecule has 16 heavy (non-hydrogen) atoms. The first-order valence-electron chi connectivity index (χ1n) is 5.16. The van der Waals surface area contributed by atoms with Crippen molar-refractivity contribution in [2.24, 2.45) is 0 Å². The molecular weight excluding hydrogens is 204 g/mol. The third kappa shape index (κ3) is 1.81. The van der Waals surface area contributed by atoms with E-state index in [4.69, 9.17) is 4.42 Å². The number of hydrogen-bond acceptors (Lipinski definition) is 3. The largest absolute Gasteiger partial charge is 0.469 e. The summed E-state index contributed by atoms with van der Waals surface area (Å²) in [7, 11) is 1.39. The Hall–Kier alpha value is -1.77. The average molecular weight is 218 g/mol. The molecule has 0 fully saturated rings. The highest BCUT2D eigenvalue weighted by Crippen LogP contribution is 2.26. The van der Waals surface area contributed by atoms with Crippen molar-refractivity contribution in [1.82, 2.24) is 0 Å². The summed E-state index contributed by atoms with van der Waals surface area (Å²) in [4.78, 5) is 11.2. The number of ether oxygens (including phenoxy) is 1. The monoisotopic (exact) mass is 218 g/mol. The van der Waals surface area contributed by atoms with Gasteiger partial charge in [-0.1, -0.05) is 6.07 Å². The van der Waals surface area contributed by atoms with Gasteiger partial charge in [0.1, 0.15) is 5.58 Å². The maximum absolute atomic E-state index is 11.2. The minimum absolute atomic E-state index is 0.248. The van der Waals surface area contributed by atoms with Gasteiger partial charge in [0.15, 0.2) is 0 Å². The Morgan fingerprint density at radius 2 is 2.12 bits per heavy atom. The zero-order valence-electron chi connectivity index (χ0n) is 9.66. The van der Waals surface area contributed by atoms with E-state index >= 15 is 0 Å². The maximum Gasteiger partial charge on any atom is 0.310 e. The van der Waals surface area contributed by atoms with Crippen LogP contribution in [0.2, 0.25) is 0 Å². The molecule has 1 aromatic heterocycles. The quantitative estimate of drug-likeness (QED) is 0.727. The number of rotatable bonds is 2. The van der Waals surface area contributed by atoms with Crippen LogP contribution in [0.1, 0.15) is 16.7 Å². The lowest BCUT2D eigenvalue weighted by Gasteiger charge is -2.01. The van der Waals surface area contributed by atoms with Gasteiger partial charge in [0.25, 0.3) is 0 Å². The van der Waals surface area contributed by atoms with E-state index in [2.05, 4.69) is 10.8 Å². The lowest BCUT2D eigenvalue weighted by Crippen LogP contribution is -2.03. The third-order valence-electron chi connectivity index (χ3n) is 2.66. The first kappa shape index (κ1) is 10.7. The van der Waals surface area contributed by atoms with Crippen LogP contribution in [0.3, 0.4) is 0 Å². The molecule has 0 atom stereocenters. The molecule has 0 radical (unpaired) electrons. The topological polar surface area (TPSA) is 39.4 Å². The number of aryl methyl sites for hydroxylation is 2. The molecule has 3 nitrogen and oxygen atoms in total. The Bertz CT molecular complexity index is 537. The lowest BCUT2D eigenvalue weighted by molar-refractivity contribution is -0.139. The van der Waals surface area contributed by atoms with E-state index in [1.807, 2.05) is 19.9 Å². The first-order chi connectivity index (χ1) is 7.61. The molecule has 0 spiro atoms. The molecule has 0 unspecified atom stereocenters. The fourth-order valence-corrected chi connectivity index (χ4v) is 1.98. The van der Waals surface area contributed by atoms with Gasteiger partial charge in [-0.3, -0.25) is 4.79 Å². The highest BCUT2D eigenvalue weighted by atomic mass is 16.5. The van der Waals surface area contributed by atoms with E-state index in [0.29, 0.717) is 0 Å². The number of furan rings is 1. The second-order valence-corrected chi connectivity index (χ2v) is 3.97. The van der Waals surface area contributed by atoms with Gasteiger partial charge in [0, 0.05) is 10.9 Å².